The van der Waals surface area contributed by atoms with E-state index in [0.717, 1.165) is 16.0 Å². The largest absolute Gasteiger partial charge is 0.490 e. The van der Waals surface area contributed by atoms with Crippen LogP contribution in [0.2, 0.25) is 0 Å². The summed E-state index contributed by atoms with van der Waals surface area (Å²) in [6, 6.07) is 21.2. The summed E-state index contributed by atoms with van der Waals surface area (Å²) < 4.78 is 42.0. The molecule has 5 rings (SSSR count). The first-order valence-electron chi connectivity index (χ1n) is 11.0. The highest BCUT2D eigenvalue weighted by molar-refractivity contribution is 7.13. The van der Waals surface area contributed by atoms with Gasteiger partial charge < -0.3 is 9.72 Å². The van der Waals surface area contributed by atoms with Crippen LogP contribution in [0.5, 0.6) is 0 Å². The highest BCUT2D eigenvalue weighted by Gasteiger charge is 2.42. The van der Waals surface area contributed by atoms with Crippen molar-refractivity contribution < 1.29 is 22.7 Å². The van der Waals surface area contributed by atoms with E-state index in [2.05, 4.69) is 9.72 Å². The number of nitrogens with two attached hydrogens (primary N) is 1. The molecule has 10 heteroatoms. The molecule has 0 aliphatic carbocycles. The van der Waals surface area contributed by atoms with Crippen LogP contribution in [0.3, 0.4) is 0 Å². The summed E-state index contributed by atoms with van der Waals surface area (Å²) in [7, 11) is 0. The first kappa shape index (κ1) is 24.4. The monoisotopic (exact) mass is 521 g/mol. The zero-order valence-electron chi connectivity index (χ0n) is 19.0. The Hall–Kier alpha value is -4.28. The number of nitrogens with one attached hydrogen (secondary N) is 1. The van der Waals surface area contributed by atoms with Gasteiger partial charge in [-0.15, -0.1) is 11.3 Å². The molecule has 0 aliphatic heterocycles. The summed E-state index contributed by atoms with van der Waals surface area (Å²) in [5.41, 5.74) is 9.58. The summed E-state index contributed by atoms with van der Waals surface area (Å²) >= 11 is 1.51. The van der Waals surface area contributed by atoms with E-state index in [9.17, 15) is 22.8 Å². The molecular weight excluding hydrogens is 503 g/mol. The molecule has 3 heterocycles. The quantitative estimate of drug-likeness (QED) is 0.217. The first-order chi connectivity index (χ1) is 17.7. The van der Waals surface area contributed by atoms with Crippen LogP contribution in [0.15, 0.2) is 89.2 Å². The Bertz CT molecular complexity index is 1630. The Kier molecular flexibility index (Phi) is 6.36. The number of H-pyrrole nitrogens is 1. The molecule has 0 radical (unpaired) electrons. The predicted molar refractivity (Wildman–Crippen MR) is 136 cm³/mol. The Balaban J connectivity index is 1.64. The molecule has 0 spiro atoms. The van der Waals surface area contributed by atoms with Crippen molar-refractivity contribution >= 4 is 28.2 Å². The van der Waals surface area contributed by atoms with E-state index < -0.39 is 18.4 Å². The highest BCUT2D eigenvalue weighted by atomic mass is 32.1. The number of carbonyl (C=O) groups excluding carboxylic acids is 1. The van der Waals surface area contributed by atoms with E-state index in [4.69, 9.17) is 10.7 Å². The van der Waals surface area contributed by atoms with Gasteiger partial charge in [0.25, 0.3) is 5.56 Å². The van der Waals surface area contributed by atoms with Gasteiger partial charge in [-0.1, -0.05) is 60.7 Å². The summed E-state index contributed by atoms with van der Waals surface area (Å²) in [4.78, 5) is 32.6. The lowest BCUT2D eigenvalue weighted by molar-refractivity contribution is -0.205. The van der Waals surface area contributed by atoms with Gasteiger partial charge >= 0.3 is 12.1 Å². The number of hydrogen-bond donors (Lipinski definition) is 2. The standard InChI is InChI=1S/C27H18F3N3O3S/c28-27(29,30)26(35)36-24(31)17-10-8-16(9-11-17)22-18(15-5-2-1-3-6-15)13-19-23(33-22)20(14-32-25(19)34)21-7-4-12-37-21/h1-14,24H,31H2,(H,32,34). The molecule has 37 heavy (non-hydrogen) atoms. The molecular formula is C27H18F3N3O3S. The van der Waals surface area contributed by atoms with E-state index in [1.807, 2.05) is 47.8 Å². The van der Waals surface area contributed by atoms with E-state index in [0.29, 0.717) is 27.7 Å². The van der Waals surface area contributed by atoms with Crippen molar-refractivity contribution in [2.24, 2.45) is 5.73 Å². The molecule has 1 atom stereocenters. The molecule has 5 aromatic rings. The van der Waals surface area contributed by atoms with Gasteiger partial charge in [-0.3, -0.25) is 10.5 Å². The van der Waals surface area contributed by atoms with E-state index in [1.165, 1.54) is 23.5 Å². The van der Waals surface area contributed by atoms with Crippen LogP contribution in [-0.4, -0.2) is 22.1 Å². The van der Waals surface area contributed by atoms with Crippen molar-refractivity contribution in [1.82, 2.24) is 9.97 Å². The number of esters is 1. The number of fused-ring (bicyclic) bond motifs is 1. The summed E-state index contributed by atoms with van der Waals surface area (Å²) in [5.74, 6) is -2.36. The smallest absolute Gasteiger partial charge is 0.436 e. The van der Waals surface area contributed by atoms with Gasteiger partial charge in [0.05, 0.1) is 16.6 Å². The molecule has 0 fully saturated rings. The zero-order valence-corrected chi connectivity index (χ0v) is 19.8. The van der Waals surface area contributed by atoms with Crippen molar-refractivity contribution in [1.29, 1.82) is 0 Å². The maximum Gasteiger partial charge on any atom is 0.490 e. The van der Waals surface area contributed by atoms with Crippen LogP contribution in [0.1, 0.15) is 11.8 Å². The molecule has 0 aliphatic rings. The number of aromatic nitrogens is 2. The number of alkyl halides is 3. The van der Waals surface area contributed by atoms with Gasteiger partial charge in [0, 0.05) is 33.3 Å². The number of carbonyl (C=O) groups is 1. The molecule has 3 aromatic heterocycles. The lowest BCUT2D eigenvalue weighted by Crippen LogP contribution is -2.29. The molecule has 0 bridgehead atoms. The number of halogens is 3. The van der Waals surface area contributed by atoms with Crippen molar-refractivity contribution in [2.75, 3.05) is 0 Å². The molecule has 1 unspecified atom stereocenters. The van der Waals surface area contributed by atoms with Crippen LogP contribution in [0, 0.1) is 0 Å². The lowest BCUT2D eigenvalue weighted by Gasteiger charge is -2.16. The number of ether oxygens (including phenoxy) is 1. The first-order valence-corrected chi connectivity index (χ1v) is 11.9. The number of pyridine rings is 2. The molecule has 186 valence electrons. The van der Waals surface area contributed by atoms with E-state index in [1.54, 1.807) is 24.4 Å². The third-order valence-electron chi connectivity index (χ3n) is 5.72. The van der Waals surface area contributed by atoms with Crippen LogP contribution in [0.25, 0.3) is 43.7 Å². The van der Waals surface area contributed by atoms with Crippen molar-refractivity contribution in [2.45, 2.75) is 12.4 Å². The van der Waals surface area contributed by atoms with Gasteiger partial charge in [0.2, 0.25) is 0 Å². The van der Waals surface area contributed by atoms with Crippen LogP contribution in [-0.2, 0) is 9.53 Å². The second kappa shape index (κ2) is 9.64. The van der Waals surface area contributed by atoms with E-state index >= 15 is 0 Å². The normalized spacial score (nSPS) is 12.4. The molecule has 0 saturated heterocycles. The number of nitrogens with zero attached hydrogens (tertiary/aromatic N) is 1. The number of aromatic amines is 1. The average Bonchev–Trinajstić information content (AvgIpc) is 3.43. The van der Waals surface area contributed by atoms with Crippen molar-refractivity contribution in [3.8, 4) is 32.8 Å². The maximum absolute atomic E-state index is 12.8. The highest BCUT2D eigenvalue weighted by Crippen LogP contribution is 2.36. The second-order valence-corrected chi connectivity index (χ2v) is 9.05. The third-order valence-corrected chi connectivity index (χ3v) is 6.62. The fraction of sp³-hybridized carbons (Fsp3) is 0.0741. The van der Waals surface area contributed by atoms with Gasteiger partial charge in [-0.2, -0.15) is 13.2 Å². The Labute approximate surface area is 212 Å². The fourth-order valence-electron chi connectivity index (χ4n) is 3.93. The maximum atomic E-state index is 12.8. The van der Waals surface area contributed by atoms with Gasteiger partial charge in [-0.25, -0.2) is 9.78 Å². The summed E-state index contributed by atoms with van der Waals surface area (Å²) in [6.45, 7) is 0. The number of hydrogen-bond acceptors (Lipinski definition) is 6. The Morgan fingerprint density at radius 2 is 1.70 bits per heavy atom. The molecule has 0 amide bonds. The Morgan fingerprint density at radius 1 is 0.973 bits per heavy atom. The fourth-order valence-corrected chi connectivity index (χ4v) is 4.68. The molecule has 0 saturated carbocycles. The molecule has 2 aromatic carbocycles. The minimum Gasteiger partial charge on any atom is -0.436 e. The summed E-state index contributed by atoms with van der Waals surface area (Å²) in [5, 5.41) is 2.35. The van der Waals surface area contributed by atoms with Crippen LogP contribution < -0.4 is 11.3 Å². The lowest BCUT2D eigenvalue weighted by atomic mass is 9.96. The Morgan fingerprint density at radius 3 is 2.35 bits per heavy atom. The van der Waals surface area contributed by atoms with Gasteiger partial charge in [0.1, 0.15) is 0 Å². The summed E-state index contributed by atoms with van der Waals surface area (Å²) in [6.07, 6.45) is -5.10. The second-order valence-electron chi connectivity index (χ2n) is 8.10. The third kappa shape index (κ3) is 4.89. The van der Waals surface area contributed by atoms with Crippen molar-refractivity contribution in [3.63, 3.8) is 0 Å². The minimum absolute atomic E-state index is 0.180. The van der Waals surface area contributed by atoms with Crippen LogP contribution in [0.4, 0.5) is 13.2 Å². The SMILES string of the molecule is NC(OC(=O)C(F)(F)F)c1ccc(-c2nc3c(-c4cccs4)c[nH]c(=O)c3cc2-c2ccccc2)cc1. The number of thiophene rings is 1. The zero-order chi connectivity index (χ0) is 26.2. The van der Waals surface area contributed by atoms with Gasteiger partial charge in [-0.05, 0) is 23.1 Å². The average molecular weight is 522 g/mol. The topological polar surface area (TPSA) is 98.1 Å². The predicted octanol–water partition coefficient (Wildman–Crippen LogP) is 6.05. The van der Waals surface area contributed by atoms with Gasteiger partial charge in [0.15, 0.2) is 6.23 Å². The molecule has 3 N–H and O–H groups in total. The minimum atomic E-state index is -5.14. The number of benzene rings is 2. The van der Waals surface area contributed by atoms with Crippen LogP contribution >= 0.6 is 11.3 Å². The van der Waals surface area contributed by atoms with E-state index in [-0.39, 0.29) is 11.1 Å². The number of rotatable bonds is 5. The molecule has 6 nitrogen and oxygen atoms in total. The van der Waals surface area contributed by atoms with Crippen molar-refractivity contribution in [3.05, 3.63) is 100 Å².